The predicted octanol–water partition coefficient (Wildman–Crippen LogP) is 2.90. The first-order chi connectivity index (χ1) is 7.26. The van der Waals surface area contributed by atoms with E-state index >= 15 is 0 Å². The number of nitrogens with zero attached hydrogens (tertiary/aromatic N) is 1. The van der Waals surface area contributed by atoms with Gasteiger partial charge in [-0.05, 0) is 41.5 Å². The van der Waals surface area contributed by atoms with E-state index in [1.807, 2.05) is 30.3 Å². The lowest BCUT2D eigenvalue weighted by Crippen LogP contribution is -1.87. The van der Waals surface area contributed by atoms with Crippen LogP contribution in [0.25, 0.3) is 10.8 Å². The number of ether oxygens (including phenoxy) is 1. The lowest BCUT2D eigenvalue weighted by Gasteiger charge is -2.05. The van der Waals surface area contributed by atoms with Gasteiger partial charge in [-0.25, -0.2) is 0 Å². The molecule has 0 bridgehead atoms. The first kappa shape index (κ1) is 9.54. The van der Waals surface area contributed by atoms with E-state index in [4.69, 9.17) is 10.00 Å². The van der Waals surface area contributed by atoms with Crippen LogP contribution in [0.2, 0.25) is 0 Å². The monoisotopic (exact) mass is 196 g/mol. The van der Waals surface area contributed by atoms with Gasteiger partial charge in [0.2, 0.25) is 0 Å². The van der Waals surface area contributed by atoms with E-state index in [-0.39, 0.29) is 0 Å². The summed E-state index contributed by atoms with van der Waals surface area (Å²) in [6.45, 7) is 3.83. The zero-order chi connectivity index (χ0) is 10.8. The second-order valence-corrected chi connectivity index (χ2v) is 3.30. The molecule has 0 saturated carbocycles. The fourth-order valence-electron chi connectivity index (χ4n) is 1.61. The third-order valence-corrected chi connectivity index (χ3v) is 2.43. The summed E-state index contributed by atoms with van der Waals surface area (Å²) in [6, 6.07) is 11.6. The Hall–Kier alpha value is -2.01. The van der Waals surface area contributed by atoms with Crippen molar-refractivity contribution in [2.45, 2.75) is 0 Å². The van der Waals surface area contributed by atoms with Crippen LogP contribution in [0.3, 0.4) is 0 Å². The van der Waals surface area contributed by atoms with Crippen LogP contribution in [-0.2, 0) is 0 Å². The molecule has 15 heavy (non-hydrogen) atoms. The standard InChI is InChI=1S/C13H10NO/c1-9-3-4-10-7-11(15-2)5-6-12(10)13(9)8-14/h3-7H,1H2,2H3. The van der Waals surface area contributed by atoms with Crippen molar-refractivity contribution in [2.24, 2.45) is 0 Å². The van der Waals surface area contributed by atoms with Crippen molar-refractivity contribution in [1.82, 2.24) is 0 Å². The third-order valence-electron chi connectivity index (χ3n) is 2.43. The van der Waals surface area contributed by atoms with Crippen molar-refractivity contribution in [3.8, 4) is 11.8 Å². The molecule has 2 rings (SSSR count). The number of fused-ring (bicyclic) bond motifs is 1. The fourth-order valence-corrected chi connectivity index (χ4v) is 1.61. The van der Waals surface area contributed by atoms with Gasteiger partial charge in [0.1, 0.15) is 11.8 Å². The Morgan fingerprint density at radius 2 is 2.07 bits per heavy atom. The third kappa shape index (κ3) is 1.53. The summed E-state index contributed by atoms with van der Waals surface area (Å²) in [4.78, 5) is 0. The van der Waals surface area contributed by atoms with Crippen molar-refractivity contribution in [3.63, 3.8) is 0 Å². The van der Waals surface area contributed by atoms with E-state index < -0.39 is 0 Å². The molecule has 2 aromatic carbocycles. The van der Waals surface area contributed by atoms with E-state index in [2.05, 4.69) is 13.0 Å². The lowest BCUT2D eigenvalue weighted by molar-refractivity contribution is 0.415. The van der Waals surface area contributed by atoms with E-state index in [9.17, 15) is 0 Å². The summed E-state index contributed by atoms with van der Waals surface area (Å²) in [5.41, 5.74) is 1.39. The zero-order valence-corrected chi connectivity index (χ0v) is 8.45. The average molecular weight is 196 g/mol. The highest BCUT2D eigenvalue weighted by Gasteiger charge is 2.04. The fraction of sp³-hybridized carbons (Fsp3) is 0.0769. The molecule has 0 saturated heterocycles. The molecular formula is C13H10NO. The maximum Gasteiger partial charge on any atom is 0.119 e. The maximum atomic E-state index is 9.02. The Morgan fingerprint density at radius 1 is 1.27 bits per heavy atom. The molecule has 0 heterocycles. The van der Waals surface area contributed by atoms with Crippen molar-refractivity contribution in [1.29, 1.82) is 5.26 Å². The summed E-state index contributed by atoms with van der Waals surface area (Å²) in [5.74, 6) is 0.795. The van der Waals surface area contributed by atoms with Crippen molar-refractivity contribution in [2.75, 3.05) is 7.11 Å². The van der Waals surface area contributed by atoms with Crippen LogP contribution >= 0.6 is 0 Å². The second kappa shape index (κ2) is 3.62. The van der Waals surface area contributed by atoms with E-state index in [0.717, 1.165) is 22.1 Å². The molecule has 0 amide bonds. The Morgan fingerprint density at radius 3 is 2.73 bits per heavy atom. The van der Waals surface area contributed by atoms with Crippen molar-refractivity contribution < 1.29 is 4.74 Å². The van der Waals surface area contributed by atoms with Gasteiger partial charge in [-0.3, -0.25) is 0 Å². The Bertz CT molecular complexity index is 552. The number of hydrogen-bond acceptors (Lipinski definition) is 2. The molecule has 2 nitrogen and oxygen atoms in total. The first-order valence-corrected chi connectivity index (χ1v) is 4.59. The molecule has 0 aliphatic rings. The highest BCUT2D eigenvalue weighted by Crippen LogP contribution is 2.25. The summed E-state index contributed by atoms with van der Waals surface area (Å²) in [5, 5.41) is 10.9. The summed E-state index contributed by atoms with van der Waals surface area (Å²) in [6.07, 6.45) is 0. The van der Waals surface area contributed by atoms with Gasteiger partial charge in [-0.1, -0.05) is 12.1 Å². The highest BCUT2D eigenvalue weighted by atomic mass is 16.5. The minimum Gasteiger partial charge on any atom is -0.497 e. The summed E-state index contributed by atoms with van der Waals surface area (Å²) in [7, 11) is 1.63. The largest absolute Gasteiger partial charge is 0.497 e. The number of benzene rings is 2. The summed E-state index contributed by atoms with van der Waals surface area (Å²) >= 11 is 0. The topological polar surface area (TPSA) is 33.0 Å². The van der Waals surface area contributed by atoms with Crippen molar-refractivity contribution >= 4 is 10.8 Å². The highest BCUT2D eigenvalue weighted by molar-refractivity contribution is 5.90. The molecule has 0 spiro atoms. The number of methoxy groups -OCH3 is 1. The molecule has 2 aromatic rings. The smallest absolute Gasteiger partial charge is 0.119 e. The molecule has 0 aromatic heterocycles. The van der Waals surface area contributed by atoms with E-state index in [1.165, 1.54) is 0 Å². The van der Waals surface area contributed by atoms with Crippen LogP contribution in [0.15, 0.2) is 30.3 Å². The van der Waals surface area contributed by atoms with Crippen LogP contribution in [0.4, 0.5) is 0 Å². The zero-order valence-electron chi connectivity index (χ0n) is 8.45. The Kier molecular flexibility index (Phi) is 2.31. The maximum absolute atomic E-state index is 9.02. The first-order valence-electron chi connectivity index (χ1n) is 4.59. The van der Waals surface area contributed by atoms with Gasteiger partial charge in [-0.2, -0.15) is 5.26 Å². The van der Waals surface area contributed by atoms with E-state index in [0.29, 0.717) is 5.56 Å². The number of nitriles is 1. The number of hydrogen-bond donors (Lipinski definition) is 0. The normalized spacial score (nSPS) is 9.93. The molecule has 0 aliphatic heterocycles. The molecule has 0 fully saturated rings. The van der Waals surface area contributed by atoms with Crippen molar-refractivity contribution in [3.05, 3.63) is 48.4 Å². The second-order valence-electron chi connectivity index (χ2n) is 3.30. The molecule has 2 heteroatoms. The Labute approximate surface area is 88.7 Å². The van der Waals surface area contributed by atoms with Gasteiger partial charge in [0, 0.05) is 0 Å². The van der Waals surface area contributed by atoms with E-state index in [1.54, 1.807) is 7.11 Å². The van der Waals surface area contributed by atoms with Gasteiger partial charge >= 0.3 is 0 Å². The molecular weight excluding hydrogens is 186 g/mol. The SMILES string of the molecule is [CH2]c1ccc2cc(OC)ccc2c1C#N. The average Bonchev–Trinajstić information content (AvgIpc) is 2.28. The molecule has 1 radical (unpaired) electrons. The molecule has 73 valence electrons. The number of rotatable bonds is 1. The molecule has 0 unspecified atom stereocenters. The van der Waals surface area contributed by atoms with Crippen LogP contribution in [-0.4, -0.2) is 7.11 Å². The minimum atomic E-state index is 0.634. The van der Waals surface area contributed by atoms with Gasteiger partial charge < -0.3 is 4.74 Å². The lowest BCUT2D eigenvalue weighted by atomic mass is 10.0. The summed E-state index contributed by atoms with van der Waals surface area (Å²) < 4.78 is 5.13. The molecule has 0 N–H and O–H groups in total. The van der Waals surface area contributed by atoms with Gasteiger partial charge in [0.05, 0.1) is 12.7 Å². The molecule has 0 atom stereocenters. The van der Waals surface area contributed by atoms with Crippen LogP contribution < -0.4 is 4.74 Å². The molecule has 0 aliphatic carbocycles. The van der Waals surface area contributed by atoms with Crippen LogP contribution in [0, 0.1) is 18.3 Å². The van der Waals surface area contributed by atoms with Gasteiger partial charge in [0.15, 0.2) is 0 Å². The minimum absolute atomic E-state index is 0.634. The van der Waals surface area contributed by atoms with Gasteiger partial charge in [-0.15, -0.1) is 0 Å². The van der Waals surface area contributed by atoms with Crippen LogP contribution in [0.1, 0.15) is 11.1 Å². The predicted molar refractivity (Wildman–Crippen MR) is 59.7 cm³/mol. The Balaban J connectivity index is 2.79. The quantitative estimate of drug-likeness (QED) is 0.702. The van der Waals surface area contributed by atoms with Gasteiger partial charge in [0.25, 0.3) is 0 Å². The van der Waals surface area contributed by atoms with Crippen LogP contribution in [0.5, 0.6) is 5.75 Å².